The highest BCUT2D eigenvalue weighted by atomic mass is 16.3. The standard InChI is InChI=1S/C31H46O6/c1-17(9-11-32)12-19(33)13-18(2)20-14-25(37)31(7)27-21(34)15-23-28(3,4)24(36)8-10-29(23,5)26(27)22(35)16-30(20,31)6/h11,17-18,20-23,34-35H,8-10,12-16H2,1-7H3/t17-,18-,20-,21+,22+,23+,29+,30-,31+/m1/s1. The predicted octanol–water partition coefficient (Wildman–Crippen LogP) is 4.64. The first-order valence-electron chi connectivity index (χ1n) is 14.2. The maximum atomic E-state index is 13.9. The Morgan fingerprint density at radius 2 is 1.65 bits per heavy atom. The lowest BCUT2D eigenvalue weighted by molar-refractivity contribution is -0.146. The summed E-state index contributed by atoms with van der Waals surface area (Å²) in [6.07, 6.45) is 2.41. The summed E-state index contributed by atoms with van der Waals surface area (Å²) in [7, 11) is 0. The normalized spacial score (nSPS) is 42.5. The molecule has 4 aliphatic rings. The lowest BCUT2D eigenvalue weighted by Gasteiger charge is -2.62. The van der Waals surface area contributed by atoms with Gasteiger partial charge in [0.25, 0.3) is 0 Å². The Labute approximate surface area is 221 Å². The highest BCUT2D eigenvalue weighted by molar-refractivity contribution is 5.93. The SMILES string of the molecule is C[C@H](CC=O)CC(=O)C[C@@H](C)[C@H]1CC(=O)[C@@]2(C)C3=C([C@@H](O)C[C@]12C)[C@@]1(C)CCC(=O)C(C)(C)[C@@H]1C[C@@H]3O. The fraction of sp³-hybridized carbons (Fsp3) is 0.806. The van der Waals surface area contributed by atoms with Crippen molar-refractivity contribution in [1.29, 1.82) is 0 Å². The number of ketones is 3. The van der Waals surface area contributed by atoms with Crippen molar-refractivity contribution in [2.45, 2.75) is 112 Å². The molecule has 0 aromatic carbocycles. The molecular formula is C31H46O6. The topological polar surface area (TPSA) is 109 Å². The molecule has 2 saturated carbocycles. The van der Waals surface area contributed by atoms with E-state index >= 15 is 0 Å². The molecule has 0 saturated heterocycles. The lowest BCUT2D eigenvalue weighted by atomic mass is 9.42. The summed E-state index contributed by atoms with van der Waals surface area (Å²) in [6.45, 7) is 14.0. The molecule has 37 heavy (non-hydrogen) atoms. The Morgan fingerprint density at radius 1 is 1.00 bits per heavy atom. The fourth-order valence-electron chi connectivity index (χ4n) is 9.41. The minimum absolute atomic E-state index is 0.00480. The summed E-state index contributed by atoms with van der Waals surface area (Å²) < 4.78 is 0. The number of hydrogen-bond acceptors (Lipinski definition) is 6. The zero-order chi connectivity index (χ0) is 27.7. The van der Waals surface area contributed by atoms with Gasteiger partial charge in [-0.15, -0.1) is 0 Å². The first-order valence-corrected chi connectivity index (χ1v) is 14.2. The Balaban J connectivity index is 1.73. The van der Waals surface area contributed by atoms with Crippen LogP contribution in [0.1, 0.15) is 99.8 Å². The number of carbonyl (C=O) groups excluding carboxylic acids is 4. The van der Waals surface area contributed by atoms with E-state index in [0.29, 0.717) is 56.9 Å². The van der Waals surface area contributed by atoms with Crippen LogP contribution in [0.3, 0.4) is 0 Å². The van der Waals surface area contributed by atoms with E-state index in [4.69, 9.17) is 0 Å². The van der Waals surface area contributed by atoms with E-state index in [0.717, 1.165) is 11.9 Å². The van der Waals surface area contributed by atoms with E-state index in [1.807, 2.05) is 34.6 Å². The number of hydrogen-bond donors (Lipinski definition) is 2. The van der Waals surface area contributed by atoms with Gasteiger partial charge >= 0.3 is 0 Å². The zero-order valence-corrected chi connectivity index (χ0v) is 23.7. The Kier molecular flexibility index (Phi) is 7.07. The zero-order valence-electron chi connectivity index (χ0n) is 23.7. The van der Waals surface area contributed by atoms with Crippen molar-refractivity contribution in [3.05, 3.63) is 11.1 Å². The highest BCUT2D eigenvalue weighted by Crippen LogP contribution is 2.71. The third kappa shape index (κ3) is 3.95. The first-order chi connectivity index (χ1) is 17.1. The molecule has 0 unspecified atom stereocenters. The van der Waals surface area contributed by atoms with Crippen molar-refractivity contribution < 1.29 is 29.4 Å². The lowest BCUT2D eigenvalue weighted by Crippen LogP contribution is -2.60. The number of fused-ring (bicyclic) bond motifs is 4. The number of aliphatic hydroxyl groups is 2. The van der Waals surface area contributed by atoms with E-state index in [-0.39, 0.29) is 41.0 Å². The molecule has 2 fully saturated rings. The molecule has 0 bridgehead atoms. The van der Waals surface area contributed by atoms with Crippen molar-refractivity contribution in [2.24, 2.45) is 45.3 Å². The van der Waals surface area contributed by atoms with Crippen molar-refractivity contribution in [3.63, 3.8) is 0 Å². The largest absolute Gasteiger partial charge is 0.389 e. The summed E-state index contributed by atoms with van der Waals surface area (Å²) in [5, 5.41) is 23.4. The number of carbonyl (C=O) groups is 4. The molecule has 0 aliphatic heterocycles. The van der Waals surface area contributed by atoms with E-state index in [2.05, 4.69) is 13.8 Å². The van der Waals surface area contributed by atoms with Gasteiger partial charge in [0, 0.05) is 37.5 Å². The van der Waals surface area contributed by atoms with E-state index in [1.165, 1.54) is 0 Å². The maximum absolute atomic E-state index is 13.9. The molecule has 4 rings (SSSR count). The van der Waals surface area contributed by atoms with Crippen LogP contribution >= 0.6 is 0 Å². The van der Waals surface area contributed by atoms with Gasteiger partial charge in [0.2, 0.25) is 0 Å². The molecule has 6 heteroatoms. The van der Waals surface area contributed by atoms with Gasteiger partial charge in [-0.3, -0.25) is 14.4 Å². The molecule has 4 aliphatic carbocycles. The second kappa shape index (κ2) is 9.22. The molecular weight excluding hydrogens is 468 g/mol. The Hall–Kier alpha value is -1.66. The summed E-state index contributed by atoms with van der Waals surface area (Å²) in [6, 6.07) is 0. The molecule has 0 radical (unpaired) electrons. The van der Waals surface area contributed by atoms with Crippen molar-refractivity contribution in [1.82, 2.24) is 0 Å². The molecule has 0 heterocycles. The summed E-state index contributed by atoms with van der Waals surface area (Å²) in [5.74, 6) is 0.133. The van der Waals surface area contributed by atoms with Gasteiger partial charge in [-0.1, -0.05) is 41.5 Å². The molecule has 2 N–H and O–H groups in total. The van der Waals surface area contributed by atoms with E-state index in [9.17, 15) is 29.4 Å². The second-order valence-electron chi connectivity index (χ2n) is 14.1. The molecule has 6 nitrogen and oxygen atoms in total. The number of Topliss-reactive ketones (excluding diaryl/α,β-unsaturated/α-hetero) is 3. The van der Waals surface area contributed by atoms with Gasteiger partial charge in [-0.25, -0.2) is 0 Å². The van der Waals surface area contributed by atoms with Crippen LogP contribution in [0.5, 0.6) is 0 Å². The summed E-state index contributed by atoms with van der Waals surface area (Å²) >= 11 is 0. The third-order valence-corrected chi connectivity index (χ3v) is 11.7. The Morgan fingerprint density at radius 3 is 2.27 bits per heavy atom. The van der Waals surface area contributed by atoms with Crippen LogP contribution in [0, 0.1) is 45.3 Å². The Bertz CT molecular complexity index is 1040. The smallest absolute Gasteiger partial charge is 0.143 e. The molecule has 9 atom stereocenters. The summed E-state index contributed by atoms with van der Waals surface area (Å²) in [4.78, 5) is 50.5. The summed E-state index contributed by atoms with van der Waals surface area (Å²) in [5.41, 5.74) is -1.08. The van der Waals surface area contributed by atoms with Gasteiger partial charge in [-0.05, 0) is 71.8 Å². The molecule has 0 aromatic rings. The van der Waals surface area contributed by atoms with Gasteiger partial charge in [-0.2, -0.15) is 0 Å². The van der Waals surface area contributed by atoms with Crippen LogP contribution in [0.4, 0.5) is 0 Å². The van der Waals surface area contributed by atoms with Crippen LogP contribution in [0.25, 0.3) is 0 Å². The van der Waals surface area contributed by atoms with Crippen LogP contribution in [0.2, 0.25) is 0 Å². The molecule has 0 amide bonds. The number of aldehydes is 1. The van der Waals surface area contributed by atoms with Gasteiger partial charge in [0.05, 0.1) is 17.6 Å². The second-order valence-corrected chi connectivity index (χ2v) is 14.1. The monoisotopic (exact) mass is 514 g/mol. The van der Waals surface area contributed by atoms with Crippen LogP contribution in [0.15, 0.2) is 11.1 Å². The van der Waals surface area contributed by atoms with Gasteiger partial charge < -0.3 is 15.0 Å². The average Bonchev–Trinajstić information content (AvgIpc) is 2.99. The predicted molar refractivity (Wildman–Crippen MR) is 140 cm³/mol. The maximum Gasteiger partial charge on any atom is 0.143 e. The molecule has 0 spiro atoms. The van der Waals surface area contributed by atoms with Crippen LogP contribution < -0.4 is 0 Å². The van der Waals surface area contributed by atoms with Crippen molar-refractivity contribution in [2.75, 3.05) is 0 Å². The number of rotatable bonds is 7. The quantitative estimate of drug-likeness (QED) is 0.379. The third-order valence-electron chi connectivity index (χ3n) is 11.7. The molecule has 206 valence electrons. The van der Waals surface area contributed by atoms with Crippen molar-refractivity contribution >= 4 is 23.6 Å². The van der Waals surface area contributed by atoms with Crippen LogP contribution in [-0.4, -0.2) is 46.1 Å². The number of aliphatic hydroxyl groups excluding tert-OH is 2. The van der Waals surface area contributed by atoms with Crippen LogP contribution in [-0.2, 0) is 19.2 Å². The van der Waals surface area contributed by atoms with Crippen molar-refractivity contribution in [3.8, 4) is 0 Å². The minimum Gasteiger partial charge on any atom is -0.389 e. The van der Waals surface area contributed by atoms with E-state index < -0.39 is 33.9 Å². The highest BCUT2D eigenvalue weighted by Gasteiger charge is 2.70. The molecule has 0 aromatic heterocycles. The van der Waals surface area contributed by atoms with E-state index in [1.54, 1.807) is 0 Å². The van der Waals surface area contributed by atoms with Gasteiger partial charge in [0.1, 0.15) is 23.6 Å². The minimum atomic E-state index is -0.923. The first kappa shape index (κ1) is 28.4. The van der Waals surface area contributed by atoms with Gasteiger partial charge in [0.15, 0.2) is 0 Å². The fourth-order valence-corrected chi connectivity index (χ4v) is 9.41. The average molecular weight is 515 g/mol.